The van der Waals surface area contributed by atoms with Crippen molar-refractivity contribution in [2.24, 2.45) is 0 Å². The number of rotatable bonds is 4. The van der Waals surface area contributed by atoms with E-state index >= 15 is 0 Å². The van der Waals surface area contributed by atoms with Crippen LogP contribution in [0.5, 0.6) is 5.75 Å². The summed E-state index contributed by atoms with van der Waals surface area (Å²) in [5.74, 6) is 0.835. The van der Waals surface area contributed by atoms with Crippen LogP contribution in [-0.2, 0) is 11.2 Å². The first-order valence-electron chi connectivity index (χ1n) is 9.40. The zero-order chi connectivity index (χ0) is 19.5. The molecule has 1 aromatic heterocycles. The fourth-order valence-corrected chi connectivity index (χ4v) is 3.67. The molecule has 0 saturated carbocycles. The van der Waals surface area contributed by atoms with Crippen molar-refractivity contribution >= 4 is 16.8 Å². The van der Waals surface area contributed by atoms with Crippen LogP contribution in [0.4, 0.5) is 0 Å². The van der Waals surface area contributed by atoms with Crippen LogP contribution in [0.1, 0.15) is 24.4 Å². The maximum absolute atomic E-state index is 12.7. The first-order chi connectivity index (χ1) is 13.7. The first-order valence-corrected chi connectivity index (χ1v) is 9.40. The van der Waals surface area contributed by atoms with E-state index in [0.717, 1.165) is 11.3 Å². The van der Waals surface area contributed by atoms with E-state index in [1.165, 1.54) is 4.68 Å². The van der Waals surface area contributed by atoms with Crippen LogP contribution >= 0.6 is 0 Å². The normalized spacial score (nSPS) is 15.0. The number of likely N-dealkylation sites (tertiary alicyclic amines) is 1. The van der Waals surface area contributed by atoms with Crippen LogP contribution in [0.15, 0.2) is 53.3 Å². The summed E-state index contributed by atoms with van der Waals surface area (Å²) in [6, 6.07) is 14.8. The highest BCUT2D eigenvalue weighted by molar-refractivity contribution is 5.79. The number of benzene rings is 2. The average molecular weight is 378 g/mol. The summed E-state index contributed by atoms with van der Waals surface area (Å²) in [6.07, 6.45) is 1.73. The molecule has 2 aromatic carbocycles. The molecule has 3 aromatic rings. The molecule has 144 valence electrons. The molecule has 1 fully saturated rings. The third-order valence-electron chi connectivity index (χ3n) is 5.24. The van der Waals surface area contributed by atoms with Crippen molar-refractivity contribution in [1.82, 2.24) is 19.9 Å². The van der Waals surface area contributed by atoms with Gasteiger partial charge >= 0.3 is 0 Å². The molecule has 1 amide bonds. The Hall–Kier alpha value is -3.22. The summed E-state index contributed by atoms with van der Waals surface area (Å²) in [4.78, 5) is 27.2. The van der Waals surface area contributed by atoms with Crippen LogP contribution in [0.2, 0.25) is 0 Å². The van der Waals surface area contributed by atoms with Gasteiger partial charge < -0.3 is 9.64 Å². The monoisotopic (exact) mass is 378 g/mol. The van der Waals surface area contributed by atoms with Gasteiger partial charge in [0.25, 0.3) is 5.56 Å². The number of carbonyl (C=O) groups excluding carboxylic acids is 1. The van der Waals surface area contributed by atoms with Crippen molar-refractivity contribution < 1.29 is 9.53 Å². The summed E-state index contributed by atoms with van der Waals surface area (Å²) >= 11 is 0. The fourth-order valence-electron chi connectivity index (χ4n) is 3.67. The summed E-state index contributed by atoms with van der Waals surface area (Å²) in [5, 5.41) is 8.87. The molecule has 2 heterocycles. The minimum atomic E-state index is -0.119. The van der Waals surface area contributed by atoms with Crippen LogP contribution in [0.3, 0.4) is 0 Å². The van der Waals surface area contributed by atoms with Gasteiger partial charge in [-0.2, -0.15) is 0 Å². The zero-order valence-corrected chi connectivity index (χ0v) is 15.7. The van der Waals surface area contributed by atoms with Gasteiger partial charge in [-0.1, -0.05) is 29.5 Å². The van der Waals surface area contributed by atoms with Crippen LogP contribution in [-0.4, -0.2) is 46.0 Å². The Balaban J connectivity index is 1.42. The molecule has 0 spiro atoms. The van der Waals surface area contributed by atoms with E-state index in [0.29, 0.717) is 43.3 Å². The number of ether oxygens (including phenoxy) is 1. The number of carbonyl (C=O) groups is 1. The number of aromatic nitrogens is 3. The molecule has 0 N–H and O–H groups in total. The van der Waals surface area contributed by atoms with E-state index in [1.807, 2.05) is 41.3 Å². The van der Waals surface area contributed by atoms with Crippen molar-refractivity contribution in [1.29, 1.82) is 0 Å². The highest BCUT2D eigenvalue weighted by Crippen LogP contribution is 2.22. The van der Waals surface area contributed by atoms with E-state index in [2.05, 4.69) is 10.3 Å². The maximum atomic E-state index is 12.7. The summed E-state index contributed by atoms with van der Waals surface area (Å²) in [6.45, 7) is 1.21. The van der Waals surface area contributed by atoms with Gasteiger partial charge in [-0.25, -0.2) is 4.68 Å². The number of hydrogen-bond donors (Lipinski definition) is 0. The Morgan fingerprint density at radius 3 is 2.71 bits per heavy atom. The van der Waals surface area contributed by atoms with E-state index in [4.69, 9.17) is 4.74 Å². The standard InChI is InChI=1S/C21H22N4O3/c1-28-17-6-4-5-15(13-17)14-20(26)24-11-9-16(10-12-24)25-21(27)18-7-2-3-8-19(18)22-23-25/h2-8,13,16H,9-12,14H2,1H3. The lowest BCUT2D eigenvalue weighted by Gasteiger charge is -2.32. The first kappa shape index (κ1) is 18.2. The van der Waals surface area contributed by atoms with Gasteiger partial charge in [0.2, 0.25) is 5.91 Å². The highest BCUT2D eigenvalue weighted by Gasteiger charge is 2.25. The molecule has 0 aliphatic carbocycles. The molecule has 7 heteroatoms. The quantitative estimate of drug-likeness (QED) is 0.696. The number of piperidine rings is 1. The molecule has 1 aliphatic heterocycles. The van der Waals surface area contributed by atoms with Crippen molar-refractivity contribution in [2.75, 3.05) is 20.2 Å². The van der Waals surface area contributed by atoms with Gasteiger partial charge in [0.15, 0.2) is 0 Å². The van der Waals surface area contributed by atoms with E-state index < -0.39 is 0 Å². The molecule has 0 unspecified atom stereocenters. The lowest BCUT2D eigenvalue weighted by molar-refractivity contribution is -0.131. The molecular formula is C21H22N4O3. The lowest BCUT2D eigenvalue weighted by atomic mass is 10.0. The molecule has 28 heavy (non-hydrogen) atoms. The summed E-state index contributed by atoms with van der Waals surface area (Å²) < 4.78 is 6.69. The Morgan fingerprint density at radius 2 is 1.93 bits per heavy atom. The molecule has 1 aliphatic rings. The molecule has 0 atom stereocenters. The number of hydrogen-bond acceptors (Lipinski definition) is 5. The molecule has 0 bridgehead atoms. The Bertz CT molecular complexity index is 1050. The Labute approximate surface area is 162 Å². The lowest BCUT2D eigenvalue weighted by Crippen LogP contribution is -2.42. The second-order valence-corrected chi connectivity index (χ2v) is 7.00. The molecular weight excluding hydrogens is 356 g/mol. The minimum Gasteiger partial charge on any atom is -0.497 e. The molecule has 0 radical (unpaired) electrons. The van der Waals surface area contributed by atoms with Crippen LogP contribution in [0.25, 0.3) is 10.9 Å². The van der Waals surface area contributed by atoms with Crippen molar-refractivity contribution in [3.63, 3.8) is 0 Å². The van der Waals surface area contributed by atoms with Gasteiger partial charge in [0, 0.05) is 13.1 Å². The average Bonchev–Trinajstić information content (AvgIpc) is 2.74. The van der Waals surface area contributed by atoms with Crippen molar-refractivity contribution in [3.05, 3.63) is 64.4 Å². The smallest absolute Gasteiger partial charge is 0.277 e. The number of fused-ring (bicyclic) bond motifs is 1. The predicted octanol–water partition coefficient (Wildman–Crippen LogP) is 2.21. The number of nitrogens with zero attached hydrogens (tertiary/aromatic N) is 4. The molecule has 7 nitrogen and oxygen atoms in total. The van der Waals surface area contributed by atoms with Crippen LogP contribution in [0, 0.1) is 0 Å². The fraction of sp³-hybridized carbons (Fsp3) is 0.333. The Kier molecular flexibility index (Phi) is 5.06. The van der Waals surface area contributed by atoms with Crippen molar-refractivity contribution in [3.8, 4) is 5.75 Å². The maximum Gasteiger partial charge on any atom is 0.277 e. The van der Waals surface area contributed by atoms with E-state index in [1.54, 1.807) is 19.2 Å². The Morgan fingerprint density at radius 1 is 1.14 bits per heavy atom. The van der Waals surface area contributed by atoms with E-state index in [9.17, 15) is 9.59 Å². The summed E-state index contributed by atoms with van der Waals surface area (Å²) in [7, 11) is 1.61. The SMILES string of the molecule is COc1cccc(CC(=O)N2CCC(n3nnc4ccccc4c3=O)CC2)c1. The topological polar surface area (TPSA) is 77.3 Å². The number of amides is 1. The van der Waals surface area contributed by atoms with Gasteiger partial charge in [-0.05, 0) is 42.7 Å². The minimum absolute atomic E-state index is 0.0366. The largest absolute Gasteiger partial charge is 0.497 e. The van der Waals surface area contributed by atoms with Gasteiger partial charge in [0.05, 0.1) is 25.0 Å². The second kappa shape index (κ2) is 7.80. The summed E-state index contributed by atoms with van der Waals surface area (Å²) in [5.41, 5.74) is 1.42. The van der Waals surface area contributed by atoms with Gasteiger partial charge in [-0.3, -0.25) is 9.59 Å². The third-order valence-corrected chi connectivity index (χ3v) is 5.24. The predicted molar refractivity (Wildman–Crippen MR) is 105 cm³/mol. The highest BCUT2D eigenvalue weighted by atomic mass is 16.5. The van der Waals surface area contributed by atoms with Gasteiger partial charge in [0.1, 0.15) is 11.3 Å². The van der Waals surface area contributed by atoms with Crippen LogP contribution < -0.4 is 10.3 Å². The molecule has 4 rings (SSSR count). The number of methoxy groups -OCH3 is 1. The van der Waals surface area contributed by atoms with Crippen molar-refractivity contribution in [2.45, 2.75) is 25.3 Å². The van der Waals surface area contributed by atoms with E-state index in [-0.39, 0.29) is 17.5 Å². The zero-order valence-electron chi connectivity index (χ0n) is 15.7. The van der Waals surface area contributed by atoms with Gasteiger partial charge in [-0.15, -0.1) is 5.10 Å². The molecule has 1 saturated heterocycles. The second-order valence-electron chi connectivity index (χ2n) is 7.00. The third kappa shape index (κ3) is 3.60.